The number of hydrogen-bond donors (Lipinski definition) is 0. The molecule has 4 nitrogen and oxygen atoms in total. The van der Waals surface area contributed by atoms with Crippen molar-refractivity contribution in [2.24, 2.45) is 7.05 Å². The zero-order valence-corrected chi connectivity index (χ0v) is 18.0. The van der Waals surface area contributed by atoms with Crippen LogP contribution in [0.2, 0.25) is 0 Å². The van der Waals surface area contributed by atoms with Crippen LogP contribution < -0.4 is 4.74 Å². The first-order valence-corrected chi connectivity index (χ1v) is 10.7. The second kappa shape index (κ2) is 8.29. The second-order valence-corrected chi connectivity index (χ2v) is 8.35. The minimum atomic E-state index is -0.180. The molecule has 5 heteroatoms. The Labute approximate surface area is 175 Å². The normalized spacial score (nSPS) is 12.3. The van der Waals surface area contributed by atoms with Gasteiger partial charge in [-0.15, -0.1) is 10.2 Å². The third kappa shape index (κ3) is 4.30. The average Bonchev–Trinajstić information content (AvgIpc) is 3.06. The van der Waals surface area contributed by atoms with E-state index in [4.69, 9.17) is 4.74 Å². The van der Waals surface area contributed by atoms with Gasteiger partial charge in [0.25, 0.3) is 0 Å². The standard InChI is InChI=1S/C24H25N3OS/c1-16-12-17(2)14-21(13-16)28-18(3)23-25-26-24(27(23)4)29-15-20-10-7-9-19-8-5-6-11-22(19)20/h5-14,18H,15H2,1-4H3. The van der Waals surface area contributed by atoms with E-state index < -0.39 is 0 Å². The van der Waals surface area contributed by atoms with E-state index in [1.165, 1.54) is 27.5 Å². The van der Waals surface area contributed by atoms with E-state index >= 15 is 0 Å². The average molecular weight is 404 g/mol. The first-order valence-electron chi connectivity index (χ1n) is 9.75. The molecule has 0 bridgehead atoms. The molecule has 4 rings (SSSR count). The Hall–Kier alpha value is -2.79. The van der Waals surface area contributed by atoms with Gasteiger partial charge in [-0.3, -0.25) is 0 Å². The van der Waals surface area contributed by atoms with Crippen molar-refractivity contribution in [1.29, 1.82) is 0 Å². The fourth-order valence-corrected chi connectivity index (χ4v) is 4.55. The zero-order chi connectivity index (χ0) is 20.4. The summed E-state index contributed by atoms with van der Waals surface area (Å²) in [6.07, 6.45) is -0.180. The van der Waals surface area contributed by atoms with Crippen LogP contribution in [0.5, 0.6) is 5.75 Å². The maximum atomic E-state index is 6.14. The number of fused-ring (bicyclic) bond motifs is 1. The van der Waals surface area contributed by atoms with Crippen molar-refractivity contribution in [2.45, 2.75) is 37.8 Å². The molecular weight excluding hydrogens is 378 g/mol. The summed E-state index contributed by atoms with van der Waals surface area (Å²) in [4.78, 5) is 0. The third-order valence-corrected chi connectivity index (χ3v) is 6.05. The van der Waals surface area contributed by atoms with Crippen molar-refractivity contribution in [3.63, 3.8) is 0 Å². The fraction of sp³-hybridized carbons (Fsp3) is 0.250. The Morgan fingerprint density at radius 1 is 0.966 bits per heavy atom. The quantitative estimate of drug-likeness (QED) is 0.369. The molecule has 0 fully saturated rings. The molecule has 1 heterocycles. The number of ether oxygens (including phenoxy) is 1. The first kappa shape index (κ1) is 19.5. The van der Waals surface area contributed by atoms with Gasteiger partial charge < -0.3 is 9.30 Å². The Balaban J connectivity index is 1.49. The molecule has 1 atom stereocenters. The summed E-state index contributed by atoms with van der Waals surface area (Å²) in [5.41, 5.74) is 3.69. The van der Waals surface area contributed by atoms with Crippen LogP contribution in [0.4, 0.5) is 0 Å². The summed E-state index contributed by atoms with van der Waals surface area (Å²) in [5, 5.41) is 12.2. The molecule has 0 aliphatic carbocycles. The van der Waals surface area contributed by atoms with E-state index in [2.05, 4.69) is 84.7 Å². The Bertz CT molecular complexity index is 1130. The topological polar surface area (TPSA) is 39.9 Å². The Morgan fingerprint density at radius 3 is 2.48 bits per heavy atom. The van der Waals surface area contributed by atoms with Crippen LogP contribution >= 0.6 is 11.8 Å². The van der Waals surface area contributed by atoms with Gasteiger partial charge >= 0.3 is 0 Å². The minimum absolute atomic E-state index is 0.180. The largest absolute Gasteiger partial charge is 0.483 e. The molecule has 3 aromatic carbocycles. The molecule has 1 aromatic heterocycles. The Kier molecular flexibility index (Phi) is 5.58. The van der Waals surface area contributed by atoms with Gasteiger partial charge in [-0.2, -0.15) is 0 Å². The summed E-state index contributed by atoms with van der Waals surface area (Å²) in [7, 11) is 2.00. The van der Waals surface area contributed by atoms with E-state index in [1.54, 1.807) is 11.8 Å². The SMILES string of the molecule is Cc1cc(C)cc(OC(C)c2nnc(SCc3cccc4ccccc34)n2C)c1. The van der Waals surface area contributed by atoms with Crippen LogP contribution in [0.1, 0.15) is 35.5 Å². The predicted molar refractivity (Wildman–Crippen MR) is 119 cm³/mol. The fourth-order valence-electron chi connectivity index (χ4n) is 3.62. The first-order chi connectivity index (χ1) is 14.0. The van der Waals surface area contributed by atoms with Crippen LogP contribution in [0, 0.1) is 13.8 Å². The van der Waals surface area contributed by atoms with Gasteiger partial charge in [0.1, 0.15) is 5.75 Å². The number of thioether (sulfide) groups is 1. The maximum Gasteiger partial charge on any atom is 0.191 e. The lowest BCUT2D eigenvalue weighted by Crippen LogP contribution is -2.10. The lowest BCUT2D eigenvalue weighted by molar-refractivity contribution is 0.211. The van der Waals surface area contributed by atoms with Crippen molar-refractivity contribution in [1.82, 2.24) is 14.8 Å². The van der Waals surface area contributed by atoms with E-state index in [0.717, 1.165) is 22.5 Å². The number of rotatable bonds is 6. The molecular formula is C24H25N3OS. The molecule has 0 amide bonds. The molecule has 0 N–H and O–H groups in total. The van der Waals surface area contributed by atoms with Crippen molar-refractivity contribution < 1.29 is 4.74 Å². The van der Waals surface area contributed by atoms with Crippen molar-refractivity contribution in [2.75, 3.05) is 0 Å². The van der Waals surface area contributed by atoms with Crippen LogP contribution in [-0.4, -0.2) is 14.8 Å². The van der Waals surface area contributed by atoms with Crippen molar-refractivity contribution in [3.8, 4) is 5.75 Å². The summed E-state index contributed by atoms with van der Waals surface area (Å²) < 4.78 is 8.17. The zero-order valence-electron chi connectivity index (χ0n) is 17.2. The van der Waals surface area contributed by atoms with Crippen LogP contribution in [0.25, 0.3) is 10.8 Å². The van der Waals surface area contributed by atoms with Gasteiger partial charge in [-0.05, 0) is 60.4 Å². The van der Waals surface area contributed by atoms with Crippen LogP contribution in [-0.2, 0) is 12.8 Å². The van der Waals surface area contributed by atoms with E-state index in [0.29, 0.717) is 0 Å². The van der Waals surface area contributed by atoms with Gasteiger partial charge in [0.15, 0.2) is 17.1 Å². The van der Waals surface area contributed by atoms with Gasteiger partial charge in [-0.1, -0.05) is 60.3 Å². The summed E-state index contributed by atoms with van der Waals surface area (Å²) in [6, 6.07) is 21.2. The lowest BCUT2D eigenvalue weighted by atomic mass is 10.1. The Morgan fingerprint density at radius 2 is 1.69 bits per heavy atom. The summed E-state index contributed by atoms with van der Waals surface area (Å²) in [5.74, 6) is 2.53. The number of benzene rings is 3. The van der Waals surface area contributed by atoms with Crippen LogP contribution in [0.3, 0.4) is 0 Å². The van der Waals surface area contributed by atoms with E-state index in [1.807, 2.05) is 18.5 Å². The lowest BCUT2D eigenvalue weighted by Gasteiger charge is -2.15. The maximum absolute atomic E-state index is 6.14. The molecule has 0 radical (unpaired) electrons. The highest BCUT2D eigenvalue weighted by atomic mass is 32.2. The molecule has 148 valence electrons. The number of hydrogen-bond acceptors (Lipinski definition) is 4. The molecule has 4 aromatic rings. The summed E-state index contributed by atoms with van der Waals surface area (Å²) >= 11 is 1.70. The van der Waals surface area contributed by atoms with Gasteiger partial charge in [0.05, 0.1) is 0 Å². The molecule has 29 heavy (non-hydrogen) atoms. The van der Waals surface area contributed by atoms with Crippen molar-refractivity contribution in [3.05, 3.63) is 83.2 Å². The summed E-state index contributed by atoms with van der Waals surface area (Å²) in [6.45, 7) is 6.17. The van der Waals surface area contributed by atoms with E-state index in [9.17, 15) is 0 Å². The third-order valence-electron chi connectivity index (χ3n) is 4.98. The molecule has 0 aliphatic rings. The van der Waals surface area contributed by atoms with Crippen molar-refractivity contribution >= 4 is 22.5 Å². The minimum Gasteiger partial charge on any atom is -0.483 e. The van der Waals surface area contributed by atoms with Gasteiger partial charge in [0.2, 0.25) is 0 Å². The predicted octanol–water partition coefficient (Wildman–Crippen LogP) is 6.02. The number of aromatic nitrogens is 3. The molecule has 0 saturated carbocycles. The van der Waals surface area contributed by atoms with Gasteiger partial charge in [0, 0.05) is 12.8 Å². The molecule has 0 spiro atoms. The number of nitrogens with zero attached hydrogens (tertiary/aromatic N) is 3. The molecule has 0 saturated heterocycles. The highest BCUT2D eigenvalue weighted by Crippen LogP contribution is 2.28. The highest BCUT2D eigenvalue weighted by Gasteiger charge is 2.18. The monoisotopic (exact) mass is 403 g/mol. The smallest absolute Gasteiger partial charge is 0.191 e. The molecule has 1 unspecified atom stereocenters. The second-order valence-electron chi connectivity index (χ2n) is 7.41. The van der Waals surface area contributed by atoms with E-state index in [-0.39, 0.29) is 6.10 Å². The highest BCUT2D eigenvalue weighted by molar-refractivity contribution is 7.98. The number of aryl methyl sites for hydroxylation is 2. The molecule has 0 aliphatic heterocycles. The van der Waals surface area contributed by atoms with Crippen LogP contribution in [0.15, 0.2) is 65.8 Å². The van der Waals surface area contributed by atoms with Gasteiger partial charge in [-0.25, -0.2) is 0 Å².